The SMILES string of the molecule is CC(C)(C)CC(=O)[N+]1(C(=O)NN)CCNC1Cc1c2ccccc2c(CC2NCC[N+]2(C(=O)CC(C)(C)C)C(=O)NN)c2ccccc12. The Bertz CT molecular complexity index is 1560. The van der Waals surface area contributed by atoms with Crippen LogP contribution in [-0.2, 0) is 22.4 Å². The molecule has 12 nitrogen and oxygen atoms in total. The summed E-state index contributed by atoms with van der Waals surface area (Å²) in [5.41, 5.74) is 5.96. The minimum absolute atomic E-state index is 0.176. The van der Waals surface area contributed by atoms with E-state index in [1.807, 2.05) is 65.8 Å². The third-order valence-corrected chi connectivity index (χ3v) is 9.93. The van der Waals surface area contributed by atoms with Gasteiger partial charge in [0, 0.05) is 12.8 Å². The van der Waals surface area contributed by atoms with Crippen LogP contribution in [0, 0.1) is 10.8 Å². The maximum Gasteiger partial charge on any atom is 0.439 e. The summed E-state index contributed by atoms with van der Waals surface area (Å²) >= 11 is 0. The zero-order chi connectivity index (χ0) is 35.1. The first-order chi connectivity index (χ1) is 22.6. The number of nitrogens with two attached hydrogens (primary N) is 2. The minimum Gasteiger partial charge on any atom is -0.261 e. The summed E-state index contributed by atoms with van der Waals surface area (Å²) in [5, 5.41) is 10.9. The second-order valence-electron chi connectivity index (χ2n) is 15.7. The Morgan fingerprint density at radius 3 is 1.23 bits per heavy atom. The van der Waals surface area contributed by atoms with E-state index in [9.17, 15) is 19.2 Å². The van der Waals surface area contributed by atoms with Gasteiger partial charge in [-0.2, -0.15) is 8.97 Å². The molecule has 2 saturated heterocycles. The molecule has 4 unspecified atom stereocenters. The molecule has 8 N–H and O–H groups in total. The normalized spacial score (nSPS) is 24.6. The number of rotatable bonds is 6. The zero-order valence-electron chi connectivity index (χ0n) is 29.1. The third-order valence-electron chi connectivity index (χ3n) is 9.93. The first-order valence-corrected chi connectivity index (χ1v) is 16.8. The number of nitrogens with zero attached hydrogens (tertiary/aromatic N) is 2. The van der Waals surface area contributed by atoms with Crippen molar-refractivity contribution in [3.63, 3.8) is 0 Å². The molecule has 2 fully saturated rings. The van der Waals surface area contributed by atoms with Gasteiger partial charge in [-0.1, -0.05) is 90.1 Å². The van der Waals surface area contributed by atoms with Crippen LogP contribution in [0.15, 0.2) is 48.5 Å². The second-order valence-corrected chi connectivity index (χ2v) is 15.7. The molecule has 0 aromatic heterocycles. The monoisotopic (exact) mass is 660 g/mol. The maximum atomic E-state index is 14.0. The Labute approximate surface area is 282 Å². The van der Waals surface area contributed by atoms with Crippen molar-refractivity contribution in [3.05, 3.63) is 59.7 Å². The fourth-order valence-electron chi connectivity index (χ4n) is 7.76. The molecule has 0 radical (unpaired) electrons. The zero-order valence-corrected chi connectivity index (χ0v) is 29.1. The fraction of sp³-hybridized carbons (Fsp3) is 0.500. The molecule has 2 aliphatic heterocycles. The van der Waals surface area contributed by atoms with Gasteiger partial charge >= 0.3 is 23.9 Å². The smallest absolute Gasteiger partial charge is 0.261 e. The number of hydrazine groups is 2. The quantitative estimate of drug-likeness (QED) is 0.0766. The predicted octanol–water partition coefficient (Wildman–Crippen LogP) is 3.66. The molecule has 48 heavy (non-hydrogen) atoms. The van der Waals surface area contributed by atoms with Crippen molar-refractivity contribution < 1.29 is 28.1 Å². The van der Waals surface area contributed by atoms with E-state index in [1.165, 1.54) is 0 Å². The molecule has 2 heterocycles. The van der Waals surface area contributed by atoms with Gasteiger partial charge in [0.05, 0.1) is 25.9 Å². The van der Waals surface area contributed by atoms with Crippen molar-refractivity contribution in [2.24, 2.45) is 22.5 Å². The van der Waals surface area contributed by atoms with E-state index in [2.05, 4.69) is 45.8 Å². The summed E-state index contributed by atoms with van der Waals surface area (Å²) in [6, 6.07) is 15.1. The van der Waals surface area contributed by atoms with E-state index in [0.717, 1.165) is 32.7 Å². The number of benzene rings is 3. The summed E-state index contributed by atoms with van der Waals surface area (Å²) in [5.74, 6) is 11.1. The average molecular weight is 661 g/mol. The van der Waals surface area contributed by atoms with Crippen LogP contribution in [0.25, 0.3) is 21.5 Å². The number of imide groups is 2. The highest BCUT2D eigenvalue weighted by Crippen LogP contribution is 2.38. The van der Waals surface area contributed by atoms with E-state index >= 15 is 0 Å². The van der Waals surface area contributed by atoms with Crippen LogP contribution < -0.4 is 33.2 Å². The van der Waals surface area contributed by atoms with Gasteiger partial charge in [-0.15, -0.1) is 0 Å². The number of carbonyl (C=O) groups is 4. The number of carbonyl (C=O) groups excluding carboxylic acids is 4. The lowest BCUT2D eigenvalue weighted by Gasteiger charge is -2.36. The van der Waals surface area contributed by atoms with Crippen molar-refractivity contribution in [3.8, 4) is 0 Å². The number of hydrogen-bond donors (Lipinski definition) is 6. The van der Waals surface area contributed by atoms with Crippen LogP contribution in [0.5, 0.6) is 0 Å². The van der Waals surface area contributed by atoms with E-state index in [1.54, 1.807) is 0 Å². The van der Waals surface area contributed by atoms with Crippen LogP contribution in [0.2, 0.25) is 0 Å². The van der Waals surface area contributed by atoms with Crippen LogP contribution in [0.1, 0.15) is 65.5 Å². The van der Waals surface area contributed by atoms with Crippen molar-refractivity contribution in [2.75, 3.05) is 26.2 Å². The number of hydrogen-bond acceptors (Lipinski definition) is 8. The molecule has 3 aromatic rings. The molecule has 258 valence electrons. The highest BCUT2D eigenvalue weighted by molar-refractivity contribution is 6.06. The molecule has 0 aliphatic carbocycles. The van der Waals surface area contributed by atoms with Crippen LogP contribution in [0.3, 0.4) is 0 Å². The van der Waals surface area contributed by atoms with Gasteiger partial charge in [0.2, 0.25) is 0 Å². The molecule has 0 spiro atoms. The van der Waals surface area contributed by atoms with Crippen molar-refractivity contribution in [1.82, 2.24) is 21.5 Å². The molecule has 2 aliphatic rings. The first-order valence-electron chi connectivity index (χ1n) is 16.8. The van der Waals surface area contributed by atoms with Crippen molar-refractivity contribution in [1.29, 1.82) is 0 Å². The second kappa shape index (κ2) is 13.3. The number of nitrogens with one attached hydrogen (secondary N) is 4. The lowest BCUT2D eigenvalue weighted by Crippen LogP contribution is -2.67. The van der Waals surface area contributed by atoms with Gasteiger partial charge in [0.15, 0.2) is 12.3 Å². The Hall–Kier alpha value is -3.78. The van der Waals surface area contributed by atoms with E-state index in [-0.39, 0.29) is 35.5 Å². The van der Waals surface area contributed by atoms with Crippen LogP contribution in [-0.4, -0.2) is 71.4 Å². The van der Waals surface area contributed by atoms with E-state index < -0.39 is 33.4 Å². The Morgan fingerprint density at radius 2 is 0.958 bits per heavy atom. The lowest BCUT2D eigenvalue weighted by molar-refractivity contribution is -0.789. The molecule has 3 aromatic carbocycles. The van der Waals surface area contributed by atoms with Gasteiger partial charge in [0.25, 0.3) is 0 Å². The van der Waals surface area contributed by atoms with E-state index in [4.69, 9.17) is 11.7 Å². The summed E-state index contributed by atoms with van der Waals surface area (Å²) in [4.78, 5) is 55.0. The molecule has 0 saturated carbocycles. The van der Waals surface area contributed by atoms with Crippen molar-refractivity contribution >= 4 is 45.4 Å². The highest BCUT2D eigenvalue weighted by Gasteiger charge is 2.56. The van der Waals surface area contributed by atoms with Gasteiger partial charge in [0.1, 0.15) is 13.1 Å². The summed E-state index contributed by atoms with van der Waals surface area (Å²) in [6.45, 7) is 13.5. The summed E-state index contributed by atoms with van der Waals surface area (Å²) < 4.78 is -0.845. The largest absolute Gasteiger partial charge is 0.439 e. The Balaban J connectivity index is 1.65. The Kier molecular flexibility index (Phi) is 9.81. The number of fused-ring (bicyclic) bond motifs is 2. The fourth-order valence-corrected chi connectivity index (χ4v) is 7.76. The van der Waals surface area contributed by atoms with Gasteiger partial charge in [-0.3, -0.25) is 10.6 Å². The Morgan fingerprint density at radius 1 is 0.646 bits per heavy atom. The number of urea groups is 2. The summed E-state index contributed by atoms with van der Waals surface area (Å²) in [7, 11) is 0. The number of quaternary nitrogens is 2. The van der Waals surface area contributed by atoms with Gasteiger partial charge in [-0.05, 0) is 43.5 Å². The molecule has 4 atom stereocenters. The molecular formula is C36H52N8O4+2. The molecule has 0 bridgehead atoms. The third kappa shape index (κ3) is 6.36. The first kappa shape index (κ1) is 35.5. The van der Waals surface area contributed by atoms with Crippen LogP contribution >= 0.6 is 0 Å². The predicted molar refractivity (Wildman–Crippen MR) is 186 cm³/mol. The minimum atomic E-state index is -0.537. The average Bonchev–Trinajstić information content (AvgIpc) is 3.65. The standard InChI is InChI=1S/C36H50N8O4/c1-35(2,3)21-31(45)43(33(47)41-37)17-15-39-29(43)19-27-23-11-7-9-13-25(23)28(26-14-10-8-12-24(26)27)20-30-40-16-18-44(30,34(48)42-38)32(46)22-36(4,5)6/h7-14,29-30,39-40H,15-22,37-38H2,1-6H3/p+2. The lowest BCUT2D eigenvalue weighted by atomic mass is 9.87. The van der Waals surface area contributed by atoms with Crippen LogP contribution in [0.4, 0.5) is 9.59 Å². The summed E-state index contributed by atoms with van der Waals surface area (Å²) in [6.07, 6.45) is 0.156. The molecule has 5 rings (SSSR count). The highest BCUT2D eigenvalue weighted by atomic mass is 16.2. The molecular weight excluding hydrogens is 608 g/mol. The van der Waals surface area contributed by atoms with E-state index in [0.29, 0.717) is 39.0 Å². The topological polar surface area (TPSA) is 168 Å². The number of amides is 6. The van der Waals surface area contributed by atoms with Crippen molar-refractivity contribution in [2.45, 2.75) is 79.6 Å². The van der Waals surface area contributed by atoms with Gasteiger partial charge in [-0.25, -0.2) is 41.7 Å². The molecule has 6 amide bonds. The maximum absolute atomic E-state index is 14.0. The molecule has 12 heteroatoms. The van der Waals surface area contributed by atoms with Gasteiger partial charge < -0.3 is 0 Å².